The first kappa shape index (κ1) is 10.6. The average molecular weight is 238 g/mol. The molecule has 0 amide bonds. The van der Waals surface area contributed by atoms with Crippen molar-refractivity contribution in [2.75, 3.05) is 0 Å². The molecule has 5 heteroatoms. The molecule has 1 heterocycles. The minimum absolute atomic E-state index is 0.0644. The average Bonchev–Trinajstić information content (AvgIpc) is 2.29. The fourth-order valence-electron chi connectivity index (χ4n) is 1.41. The van der Waals surface area contributed by atoms with Gasteiger partial charge in [0.2, 0.25) is 0 Å². The summed E-state index contributed by atoms with van der Waals surface area (Å²) >= 11 is 4.09. The van der Waals surface area contributed by atoms with Gasteiger partial charge in [-0.1, -0.05) is 29.0 Å². The zero-order valence-electron chi connectivity index (χ0n) is 8.12. The Balaban J connectivity index is 2.71. The Morgan fingerprint density at radius 1 is 1.47 bits per heavy atom. The summed E-state index contributed by atoms with van der Waals surface area (Å²) < 4.78 is 1.44. The van der Waals surface area contributed by atoms with Gasteiger partial charge in [0.1, 0.15) is 5.37 Å². The Morgan fingerprint density at radius 3 is 2.93 bits per heavy atom. The van der Waals surface area contributed by atoms with Gasteiger partial charge in [0, 0.05) is 5.39 Å². The van der Waals surface area contributed by atoms with Gasteiger partial charge in [-0.25, -0.2) is 4.68 Å². The summed E-state index contributed by atoms with van der Waals surface area (Å²) in [5, 5.41) is 5.61. The van der Waals surface area contributed by atoms with Crippen molar-refractivity contribution >= 4 is 33.2 Å². The van der Waals surface area contributed by atoms with E-state index < -0.39 is 0 Å². The third-order valence-corrected chi connectivity index (χ3v) is 3.64. The molecule has 0 radical (unpaired) electrons. The molecule has 0 spiro atoms. The highest BCUT2D eigenvalue weighted by molar-refractivity contribution is 8.68. The van der Waals surface area contributed by atoms with Gasteiger partial charge in [-0.15, -0.1) is 11.7 Å². The predicted octanol–water partition coefficient (Wildman–Crippen LogP) is 2.49. The molecular weight excluding hydrogens is 228 g/mol. The van der Waals surface area contributed by atoms with Crippen molar-refractivity contribution in [2.45, 2.75) is 12.3 Å². The number of fused-ring (bicyclic) bond motifs is 1. The Morgan fingerprint density at radius 2 is 2.20 bits per heavy atom. The second-order valence-electron chi connectivity index (χ2n) is 3.19. The second-order valence-corrected chi connectivity index (χ2v) is 4.71. The summed E-state index contributed by atoms with van der Waals surface area (Å²) in [6, 6.07) is 7.44. The van der Waals surface area contributed by atoms with E-state index in [0.717, 1.165) is 5.39 Å². The summed E-state index contributed by atoms with van der Waals surface area (Å²) in [5.41, 5.74) is -0.0675. The maximum Gasteiger partial charge on any atom is 0.275 e. The van der Waals surface area contributed by atoms with Crippen LogP contribution >= 0.6 is 22.5 Å². The molecule has 0 fully saturated rings. The number of nitrogens with zero attached hydrogens (tertiary/aromatic N) is 2. The van der Waals surface area contributed by atoms with Gasteiger partial charge in [0.15, 0.2) is 0 Å². The minimum Gasteiger partial charge on any atom is -0.267 e. The molecule has 0 saturated heterocycles. The molecule has 1 aromatic carbocycles. The van der Waals surface area contributed by atoms with E-state index in [1.807, 2.05) is 31.2 Å². The first-order chi connectivity index (χ1) is 7.24. The largest absolute Gasteiger partial charge is 0.275 e. The van der Waals surface area contributed by atoms with Crippen LogP contribution in [0.5, 0.6) is 0 Å². The standard InChI is InChI=1S/C10H10N2OS2/c1-7(15-14)12-10(13)9-5-3-2-4-8(9)6-11-12/h2-7,14H,1H3. The van der Waals surface area contributed by atoms with Crippen LogP contribution in [0.25, 0.3) is 10.8 Å². The first-order valence-electron chi connectivity index (χ1n) is 4.51. The Hall–Kier alpha value is -0.940. The molecule has 0 aliphatic carbocycles. The number of rotatable bonds is 2. The van der Waals surface area contributed by atoms with E-state index in [2.05, 4.69) is 16.8 Å². The quantitative estimate of drug-likeness (QED) is 0.645. The van der Waals surface area contributed by atoms with Gasteiger partial charge in [0.05, 0.1) is 11.6 Å². The summed E-state index contributed by atoms with van der Waals surface area (Å²) in [7, 11) is 1.30. The van der Waals surface area contributed by atoms with E-state index in [9.17, 15) is 4.79 Å². The van der Waals surface area contributed by atoms with Crippen molar-refractivity contribution in [3.63, 3.8) is 0 Å². The van der Waals surface area contributed by atoms with E-state index in [4.69, 9.17) is 0 Å². The van der Waals surface area contributed by atoms with Crippen LogP contribution in [0.4, 0.5) is 0 Å². The molecule has 0 N–H and O–H groups in total. The first-order valence-corrected chi connectivity index (χ1v) is 6.44. The summed E-state index contributed by atoms with van der Waals surface area (Å²) in [6.07, 6.45) is 1.71. The number of aromatic nitrogens is 2. The van der Waals surface area contributed by atoms with Crippen LogP contribution in [0.3, 0.4) is 0 Å². The lowest BCUT2D eigenvalue weighted by Crippen LogP contribution is -2.23. The molecular formula is C10H10N2OS2. The van der Waals surface area contributed by atoms with E-state index >= 15 is 0 Å². The van der Waals surface area contributed by atoms with Gasteiger partial charge < -0.3 is 0 Å². The van der Waals surface area contributed by atoms with E-state index in [-0.39, 0.29) is 10.9 Å². The number of benzene rings is 1. The third kappa shape index (κ3) is 1.89. The molecule has 1 atom stereocenters. The molecule has 2 rings (SSSR count). The maximum absolute atomic E-state index is 12.0. The lowest BCUT2D eigenvalue weighted by molar-refractivity contribution is 0.610. The monoisotopic (exact) mass is 238 g/mol. The van der Waals surface area contributed by atoms with Crippen molar-refractivity contribution in [1.82, 2.24) is 9.78 Å². The van der Waals surface area contributed by atoms with E-state index in [1.165, 1.54) is 15.5 Å². The van der Waals surface area contributed by atoms with Crippen molar-refractivity contribution in [3.8, 4) is 0 Å². The zero-order chi connectivity index (χ0) is 10.8. The highest BCUT2D eigenvalue weighted by atomic mass is 33.1. The fourth-order valence-corrected chi connectivity index (χ4v) is 1.92. The summed E-state index contributed by atoms with van der Waals surface area (Å²) in [5.74, 6) is 0. The van der Waals surface area contributed by atoms with Crippen LogP contribution in [-0.4, -0.2) is 9.78 Å². The lowest BCUT2D eigenvalue weighted by atomic mass is 10.2. The van der Waals surface area contributed by atoms with Gasteiger partial charge in [-0.3, -0.25) is 4.79 Å². The van der Waals surface area contributed by atoms with Crippen LogP contribution in [-0.2, 0) is 0 Å². The smallest absolute Gasteiger partial charge is 0.267 e. The van der Waals surface area contributed by atoms with Crippen LogP contribution in [0, 0.1) is 0 Å². The molecule has 1 aromatic heterocycles. The normalized spacial score (nSPS) is 12.9. The van der Waals surface area contributed by atoms with Crippen LogP contribution in [0.15, 0.2) is 35.3 Å². The van der Waals surface area contributed by atoms with Crippen molar-refractivity contribution in [1.29, 1.82) is 0 Å². The minimum atomic E-state index is -0.0675. The molecule has 78 valence electrons. The van der Waals surface area contributed by atoms with Gasteiger partial charge in [-0.05, 0) is 13.0 Å². The van der Waals surface area contributed by atoms with Gasteiger partial charge in [-0.2, -0.15) is 5.10 Å². The van der Waals surface area contributed by atoms with Crippen LogP contribution < -0.4 is 5.56 Å². The molecule has 2 aromatic rings. The highest BCUT2D eigenvalue weighted by Crippen LogP contribution is 2.22. The molecule has 0 aliphatic rings. The van der Waals surface area contributed by atoms with E-state index in [0.29, 0.717) is 5.39 Å². The number of hydrogen-bond donors (Lipinski definition) is 1. The zero-order valence-corrected chi connectivity index (χ0v) is 9.83. The topological polar surface area (TPSA) is 34.9 Å². The Labute approximate surface area is 96.3 Å². The van der Waals surface area contributed by atoms with Crippen LogP contribution in [0.2, 0.25) is 0 Å². The van der Waals surface area contributed by atoms with Gasteiger partial charge >= 0.3 is 0 Å². The van der Waals surface area contributed by atoms with Crippen molar-refractivity contribution in [3.05, 3.63) is 40.8 Å². The maximum atomic E-state index is 12.0. The Kier molecular flexibility index (Phi) is 3.02. The number of hydrogen-bond acceptors (Lipinski definition) is 4. The predicted molar refractivity (Wildman–Crippen MR) is 67.3 cm³/mol. The molecule has 15 heavy (non-hydrogen) atoms. The third-order valence-electron chi connectivity index (χ3n) is 2.22. The molecule has 0 aliphatic heterocycles. The molecule has 3 nitrogen and oxygen atoms in total. The second kappa shape index (κ2) is 4.28. The van der Waals surface area contributed by atoms with Crippen molar-refractivity contribution < 1.29 is 0 Å². The SMILES string of the molecule is CC(SS)n1ncc2ccccc2c1=O. The molecule has 1 unspecified atom stereocenters. The summed E-state index contributed by atoms with van der Waals surface area (Å²) in [4.78, 5) is 12.0. The van der Waals surface area contributed by atoms with Crippen LogP contribution in [0.1, 0.15) is 12.3 Å². The van der Waals surface area contributed by atoms with E-state index in [1.54, 1.807) is 6.20 Å². The number of thiol groups is 1. The van der Waals surface area contributed by atoms with Gasteiger partial charge in [0.25, 0.3) is 5.56 Å². The molecule has 0 bridgehead atoms. The Bertz CT molecular complexity index is 538. The highest BCUT2D eigenvalue weighted by Gasteiger charge is 2.08. The van der Waals surface area contributed by atoms with Crippen molar-refractivity contribution in [2.24, 2.45) is 0 Å². The summed E-state index contributed by atoms with van der Waals surface area (Å²) in [6.45, 7) is 1.89. The lowest BCUT2D eigenvalue weighted by Gasteiger charge is -2.10. The fraction of sp³-hybridized carbons (Fsp3) is 0.200. The molecule has 0 saturated carbocycles.